The summed E-state index contributed by atoms with van der Waals surface area (Å²) in [5.74, 6) is 0.0428. The van der Waals surface area contributed by atoms with Crippen molar-refractivity contribution in [3.8, 4) is 17.2 Å². The maximum Gasteiger partial charge on any atom is 0.410 e. The largest absolute Gasteiger partial charge is 0.493 e. The number of benzene rings is 1. The first-order valence-electron chi connectivity index (χ1n) is 8.46. The van der Waals surface area contributed by atoms with E-state index in [-0.39, 0.29) is 17.7 Å². The van der Waals surface area contributed by atoms with E-state index < -0.39 is 17.5 Å². The maximum atomic E-state index is 13.9. The first kappa shape index (κ1) is 18.2. The number of likely N-dealkylation sites (tertiary alicyclic amines) is 1. The van der Waals surface area contributed by atoms with Gasteiger partial charge in [0.15, 0.2) is 17.4 Å². The van der Waals surface area contributed by atoms with E-state index in [2.05, 4.69) is 10.1 Å². The molecule has 3 rings (SSSR count). The van der Waals surface area contributed by atoms with Gasteiger partial charge in [-0.1, -0.05) is 11.2 Å². The number of ether oxygens (including phenoxy) is 2. The van der Waals surface area contributed by atoms with Crippen LogP contribution in [0.1, 0.15) is 45.5 Å². The van der Waals surface area contributed by atoms with Gasteiger partial charge in [0.05, 0.1) is 18.7 Å². The van der Waals surface area contributed by atoms with Crippen LogP contribution in [0.25, 0.3) is 11.5 Å². The van der Waals surface area contributed by atoms with Crippen molar-refractivity contribution in [2.24, 2.45) is 0 Å². The van der Waals surface area contributed by atoms with Gasteiger partial charge in [-0.2, -0.15) is 4.98 Å². The lowest BCUT2D eigenvalue weighted by Gasteiger charge is -2.27. The third-order valence-corrected chi connectivity index (χ3v) is 4.02. The van der Waals surface area contributed by atoms with Crippen molar-refractivity contribution in [3.05, 3.63) is 29.8 Å². The van der Waals surface area contributed by atoms with Gasteiger partial charge in [0.1, 0.15) is 5.60 Å². The molecular weight excluding hydrogens is 341 g/mol. The van der Waals surface area contributed by atoms with Crippen molar-refractivity contribution in [2.45, 2.75) is 45.3 Å². The molecule has 1 atom stereocenters. The van der Waals surface area contributed by atoms with Crippen molar-refractivity contribution in [1.29, 1.82) is 0 Å². The molecule has 1 aliphatic heterocycles. The molecule has 0 aliphatic carbocycles. The fourth-order valence-electron chi connectivity index (χ4n) is 2.94. The standard InChI is InChI=1S/C18H22FN3O4/c1-18(2,3)25-17(23)22-10-6-9-13(22)15-20-16(26-21-15)11-7-5-8-12(19)14(11)24-4/h5,7-8,13H,6,9-10H2,1-4H3. The van der Waals surface area contributed by atoms with Gasteiger partial charge in [0.2, 0.25) is 0 Å². The number of hydrogen-bond donors (Lipinski definition) is 0. The minimum Gasteiger partial charge on any atom is -0.493 e. The fourth-order valence-corrected chi connectivity index (χ4v) is 2.94. The van der Waals surface area contributed by atoms with Gasteiger partial charge in [0.25, 0.3) is 5.89 Å². The number of amides is 1. The van der Waals surface area contributed by atoms with Crippen LogP contribution in [0.15, 0.2) is 22.7 Å². The lowest BCUT2D eigenvalue weighted by molar-refractivity contribution is 0.0217. The smallest absolute Gasteiger partial charge is 0.410 e. The Morgan fingerprint density at radius 2 is 2.15 bits per heavy atom. The fraction of sp³-hybridized carbons (Fsp3) is 0.500. The van der Waals surface area contributed by atoms with E-state index >= 15 is 0 Å². The molecule has 0 bridgehead atoms. The number of carbonyl (C=O) groups is 1. The Morgan fingerprint density at radius 3 is 2.85 bits per heavy atom. The monoisotopic (exact) mass is 363 g/mol. The number of methoxy groups -OCH3 is 1. The highest BCUT2D eigenvalue weighted by atomic mass is 19.1. The highest BCUT2D eigenvalue weighted by Crippen LogP contribution is 2.35. The van der Waals surface area contributed by atoms with Crippen LogP contribution in [-0.4, -0.2) is 40.4 Å². The summed E-state index contributed by atoms with van der Waals surface area (Å²) in [6.07, 6.45) is 1.12. The van der Waals surface area contributed by atoms with Crippen LogP contribution in [-0.2, 0) is 4.74 Å². The van der Waals surface area contributed by atoms with Crippen LogP contribution >= 0.6 is 0 Å². The zero-order chi connectivity index (χ0) is 18.9. The molecule has 2 heterocycles. The molecule has 26 heavy (non-hydrogen) atoms. The van der Waals surface area contributed by atoms with Crippen LogP contribution in [0.5, 0.6) is 5.75 Å². The molecule has 0 N–H and O–H groups in total. The molecule has 1 aliphatic rings. The molecular formula is C18H22FN3O4. The van der Waals surface area contributed by atoms with Crippen LogP contribution < -0.4 is 4.74 Å². The Labute approximate surface area is 151 Å². The Hall–Kier alpha value is -2.64. The Bertz CT molecular complexity index is 800. The molecule has 140 valence electrons. The van der Waals surface area contributed by atoms with Gasteiger partial charge in [-0.05, 0) is 45.7 Å². The number of hydrogen-bond acceptors (Lipinski definition) is 6. The molecule has 8 heteroatoms. The predicted octanol–water partition coefficient (Wildman–Crippen LogP) is 3.96. The zero-order valence-electron chi connectivity index (χ0n) is 15.3. The SMILES string of the molecule is COc1c(F)cccc1-c1nc(C2CCCN2C(=O)OC(C)(C)C)no1. The third kappa shape index (κ3) is 3.63. The molecule has 2 aromatic rings. The summed E-state index contributed by atoms with van der Waals surface area (Å²) < 4.78 is 29.7. The highest BCUT2D eigenvalue weighted by molar-refractivity contribution is 5.69. The summed E-state index contributed by atoms with van der Waals surface area (Å²) in [6.45, 7) is 6.02. The summed E-state index contributed by atoms with van der Waals surface area (Å²) in [5.41, 5.74) is -0.213. The van der Waals surface area contributed by atoms with E-state index in [0.717, 1.165) is 6.42 Å². The molecule has 0 radical (unpaired) electrons. The van der Waals surface area contributed by atoms with Gasteiger partial charge in [0, 0.05) is 6.54 Å². The number of aromatic nitrogens is 2. The van der Waals surface area contributed by atoms with Gasteiger partial charge in [-0.15, -0.1) is 0 Å². The first-order chi connectivity index (χ1) is 12.3. The molecule has 0 saturated carbocycles. The van der Waals surface area contributed by atoms with E-state index in [1.165, 1.54) is 13.2 Å². The number of rotatable bonds is 3. The van der Waals surface area contributed by atoms with E-state index in [1.54, 1.807) is 17.0 Å². The molecule has 1 aromatic carbocycles. The average molecular weight is 363 g/mol. The summed E-state index contributed by atoms with van der Waals surface area (Å²) >= 11 is 0. The van der Waals surface area contributed by atoms with E-state index in [1.807, 2.05) is 20.8 Å². The Kier molecular flexibility index (Phi) is 4.84. The number of halogens is 1. The van der Waals surface area contributed by atoms with Gasteiger partial charge >= 0.3 is 6.09 Å². The third-order valence-electron chi connectivity index (χ3n) is 4.02. The molecule has 1 amide bonds. The van der Waals surface area contributed by atoms with Crippen molar-refractivity contribution >= 4 is 6.09 Å². The van der Waals surface area contributed by atoms with Crippen molar-refractivity contribution in [1.82, 2.24) is 15.0 Å². The second-order valence-electron chi connectivity index (χ2n) is 7.11. The zero-order valence-corrected chi connectivity index (χ0v) is 15.3. The van der Waals surface area contributed by atoms with Crippen molar-refractivity contribution < 1.29 is 23.2 Å². The molecule has 1 saturated heterocycles. The quantitative estimate of drug-likeness (QED) is 0.821. The Balaban J connectivity index is 1.85. The topological polar surface area (TPSA) is 77.7 Å². The van der Waals surface area contributed by atoms with E-state index in [9.17, 15) is 9.18 Å². The molecule has 0 spiro atoms. The summed E-state index contributed by atoms with van der Waals surface area (Å²) in [6, 6.07) is 4.14. The van der Waals surface area contributed by atoms with Crippen molar-refractivity contribution in [2.75, 3.05) is 13.7 Å². The van der Waals surface area contributed by atoms with Crippen LogP contribution in [0, 0.1) is 5.82 Å². The van der Waals surface area contributed by atoms with E-state index in [4.69, 9.17) is 14.0 Å². The first-order valence-corrected chi connectivity index (χ1v) is 8.46. The minimum atomic E-state index is -0.582. The molecule has 7 nitrogen and oxygen atoms in total. The predicted molar refractivity (Wildman–Crippen MR) is 91.2 cm³/mol. The Morgan fingerprint density at radius 1 is 1.38 bits per heavy atom. The molecule has 1 unspecified atom stereocenters. The van der Waals surface area contributed by atoms with Crippen LogP contribution in [0.3, 0.4) is 0 Å². The highest BCUT2D eigenvalue weighted by Gasteiger charge is 2.36. The second kappa shape index (κ2) is 6.93. The lowest BCUT2D eigenvalue weighted by atomic mass is 10.2. The van der Waals surface area contributed by atoms with Crippen molar-refractivity contribution in [3.63, 3.8) is 0 Å². The van der Waals surface area contributed by atoms with Gasteiger partial charge < -0.3 is 14.0 Å². The maximum absolute atomic E-state index is 13.9. The normalized spacial score (nSPS) is 17.4. The summed E-state index contributed by atoms with van der Waals surface area (Å²) in [5, 5.41) is 4.00. The number of carbonyl (C=O) groups excluding carboxylic acids is 1. The lowest BCUT2D eigenvalue weighted by Crippen LogP contribution is -2.36. The number of nitrogens with zero attached hydrogens (tertiary/aromatic N) is 3. The number of para-hydroxylation sites is 1. The average Bonchev–Trinajstić information content (AvgIpc) is 3.22. The van der Waals surface area contributed by atoms with Crippen LogP contribution in [0.2, 0.25) is 0 Å². The van der Waals surface area contributed by atoms with Crippen LogP contribution in [0.4, 0.5) is 9.18 Å². The summed E-state index contributed by atoms with van der Waals surface area (Å²) in [4.78, 5) is 18.4. The summed E-state index contributed by atoms with van der Waals surface area (Å²) in [7, 11) is 1.38. The molecule has 1 fully saturated rings. The van der Waals surface area contributed by atoms with Gasteiger partial charge in [-0.3, -0.25) is 4.90 Å². The van der Waals surface area contributed by atoms with E-state index in [0.29, 0.717) is 24.4 Å². The second-order valence-corrected chi connectivity index (χ2v) is 7.11. The molecule has 1 aromatic heterocycles. The van der Waals surface area contributed by atoms with Gasteiger partial charge in [-0.25, -0.2) is 9.18 Å². The minimum absolute atomic E-state index is 0.0399.